The van der Waals surface area contributed by atoms with Crippen molar-refractivity contribution in [3.8, 4) is 11.5 Å². The van der Waals surface area contributed by atoms with Gasteiger partial charge in [0.15, 0.2) is 11.5 Å². The summed E-state index contributed by atoms with van der Waals surface area (Å²) in [5, 5.41) is 3.22. The molecule has 0 aliphatic carbocycles. The third kappa shape index (κ3) is 1.54. The smallest absolute Gasteiger partial charge is 0.231 e. The molecule has 88 valence electrons. The Labute approximate surface area is 100 Å². The predicted octanol–water partition coefficient (Wildman–Crippen LogP) is 1.28. The third-order valence-electron chi connectivity index (χ3n) is 3.11. The molecule has 1 fully saturated rings. The topological polar surface area (TPSA) is 39.7 Å². The van der Waals surface area contributed by atoms with Crippen molar-refractivity contribution in [2.45, 2.75) is 5.60 Å². The molecule has 0 atom stereocenters. The van der Waals surface area contributed by atoms with Crippen molar-refractivity contribution in [2.75, 3.05) is 27.0 Å². The van der Waals surface area contributed by atoms with Crippen LogP contribution >= 0.6 is 12.4 Å². The van der Waals surface area contributed by atoms with Gasteiger partial charge in [0.2, 0.25) is 6.79 Å². The lowest BCUT2D eigenvalue weighted by Crippen LogP contribution is -2.57. The first kappa shape index (κ1) is 11.5. The van der Waals surface area contributed by atoms with Crippen LogP contribution in [-0.4, -0.2) is 27.0 Å². The van der Waals surface area contributed by atoms with Crippen LogP contribution in [0.5, 0.6) is 11.5 Å². The molecule has 0 radical (unpaired) electrons. The second kappa shape index (κ2) is 4.13. The van der Waals surface area contributed by atoms with Crippen LogP contribution in [0.4, 0.5) is 0 Å². The van der Waals surface area contributed by atoms with E-state index in [1.54, 1.807) is 7.11 Å². The molecule has 1 N–H and O–H groups in total. The lowest BCUT2D eigenvalue weighted by atomic mass is 9.87. The van der Waals surface area contributed by atoms with Crippen LogP contribution in [0.3, 0.4) is 0 Å². The molecule has 1 aromatic rings. The van der Waals surface area contributed by atoms with Gasteiger partial charge in [-0.3, -0.25) is 0 Å². The molecule has 3 rings (SSSR count). The second-order valence-electron chi connectivity index (χ2n) is 3.87. The Bertz CT molecular complexity index is 387. The Hall–Kier alpha value is -0.970. The normalized spacial score (nSPS) is 19.8. The average Bonchev–Trinajstić information content (AvgIpc) is 2.64. The first-order chi connectivity index (χ1) is 7.34. The molecule has 1 aromatic carbocycles. The SMILES string of the molecule is COC1(c2ccc3c(c2)OCO3)CNC1.Cl. The standard InChI is InChI=1S/C11H13NO3.ClH/c1-13-11(5-12-6-11)8-2-3-9-10(4-8)15-7-14-9;/h2-4,12H,5-7H2,1H3;1H. The highest BCUT2D eigenvalue weighted by Crippen LogP contribution is 2.38. The number of benzene rings is 1. The van der Waals surface area contributed by atoms with Crippen LogP contribution in [0.25, 0.3) is 0 Å². The highest BCUT2D eigenvalue weighted by Gasteiger charge is 2.39. The Kier molecular flexibility index (Phi) is 2.97. The van der Waals surface area contributed by atoms with Gasteiger partial charge in [0, 0.05) is 20.2 Å². The fourth-order valence-corrected chi connectivity index (χ4v) is 2.00. The van der Waals surface area contributed by atoms with Crippen LogP contribution in [0.1, 0.15) is 5.56 Å². The zero-order chi connectivity index (χ0) is 10.3. The Morgan fingerprint density at radius 3 is 2.62 bits per heavy atom. The van der Waals surface area contributed by atoms with Crippen LogP contribution in [0.15, 0.2) is 18.2 Å². The number of halogens is 1. The van der Waals surface area contributed by atoms with Gasteiger partial charge in [-0.25, -0.2) is 0 Å². The number of hydrogen-bond acceptors (Lipinski definition) is 4. The second-order valence-corrected chi connectivity index (χ2v) is 3.87. The Morgan fingerprint density at radius 1 is 1.25 bits per heavy atom. The monoisotopic (exact) mass is 243 g/mol. The molecule has 4 nitrogen and oxygen atoms in total. The lowest BCUT2D eigenvalue weighted by molar-refractivity contribution is -0.0566. The number of fused-ring (bicyclic) bond motifs is 1. The van der Waals surface area contributed by atoms with Gasteiger partial charge < -0.3 is 19.5 Å². The number of nitrogens with one attached hydrogen (secondary N) is 1. The van der Waals surface area contributed by atoms with E-state index >= 15 is 0 Å². The highest BCUT2D eigenvalue weighted by molar-refractivity contribution is 5.85. The summed E-state index contributed by atoms with van der Waals surface area (Å²) in [7, 11) is 1.74. The van der Waals surface area contributed by atoms with Gasteiger partial charge in [0.1, 0.15) is 5.60 Å². The maximum Gasteiger partial charge on any atom is 0.231 e. The summed E-state index contributed by atoms with van der Waals surface area (Å²) >= 11 is 0. The Morgan fingerprint density at radius 2 is 2.00 bits per heavy atom. The molecule has 0 saturated carbocycles. The summed E-state index contributed by atoms with van der Waals surface area (Å²) < 4.78 is 16.2. The molecule has 5 heteroatoms. The minimum absolute atomic E-state index is 0. The quantitative estimate of drug-likeness (QED) is 0.850. The van der Waals surface area contributed by atoms with Crippen molar-refractivity contribution < 1.29 is 14.2 Å². The van der Waals surface area contributed by atoms with E-state index in [0.717, 1.165) is 30.2 Å². The van der Waals surface area contributed by atoms with Gasteiger partial charge in [-0.2, -0.15) is 0 Å². The molecule has 0 spiro atoms. The average molecular weight is 244 g/mol. The van der Waals surface area contributed by atoms with Gasteiger partial charge >= 0.3 is 0 Å². The van der Waals surface area contributed by atoms with Gasteiger partial charge in [0.05, 0.1) is 0 Å². The van der Waals surface area contributed by atoms with E-state index in [1.165, 1.54) is 0 Å². The molecule has 2 aliphatic rings. The highest BCUT2D eigenvalue weighted by atomic mass is 35.5. The maximum absolute atomic E-state index is 5.56. The van der Waals surface area contributed by atoms with Crippen molar-refractivity contribution in [3.63, 3.8) is 0 Å². The summed E-state index contributed by atoms with van der Waals surface area (Å²) in [4.78, 5) is 0. The molecule has 2 aliphatic heterocycles. The summed E-state index contributed by atoms with van der Waals surface area (Å²) in [6, 6.07) is 5.99. The van der Waals surface area contributed by atoms with E-state index in [0.29, 0.717) is 6.79 Å². The number of rotatable bonds is 2. The van der Waals surface area contributed by atoms with E-state index < -0.39 is 0 Å². The molecule has 1 saturated heterocycles. The van der Waals surface area contributed by atoms with Crippen molar-refractivity contribution in [1.29, 1.82) is 0 Å². The van der Waals surface area contributed by atoms with Gasteiger partial charge in [-0.1, -0.05) is 6.07 Å². The van der Waals surface area contributed by atoms with Gasteiger partial charge in [-0.05, 0) is 17.7 Å². The molecular weight excluding hydrogens is 230 g/mol. The molecular formula is C11H14ClNO3. The number of methoxy groups -OCH3 is 1. The van der Waals surface area contributed by atoms with E-state index in [9.17, 15) is 0 Å². The fourth-order valence-electron chi connectivity index (χ4n) is 2.00. The van der Waals surface area contributed by atoms with Crippen LogP contribution < -0.4 is 14.8 Å². The van der Waals surface area contributed by atoms with Crippen LogP contribution in [0.2, 0.25) is 0 Å². The minimum Gasteiger partial charge on any atom is -0.454 e. The summed E-state index contributed by atoms with van der Waals surface area (Å²) in [5.41, 5.74) is 0.967. The zero-order valence-electron chi connectivity index (χ0n) is 8.99. The molecule has 0 unspecified atom stereocenters. The largest absolute Gasteiger partial charge is 0.454 e. The molecule has 0 aromatic heterocycles. The molecule has 0 amide bonds. The molecule has 0 bridgehead atoms. The first-order valence-corrected chi connectivity index (χ1v) is 5.00. The van der Waals surface area contributed by atoms with E-state index in [-0.39, 0.29) is 18.0 Å². The van der Waals surface area contributed by atoms with E-state index in [4.69, 9.17) is 14.2 Å². The number of ether oxygens (including phenoxy) is 3. The molecule has 16 heavy (non-hydrogen) atoms. The fraction of sp³-hybridized carbons (Fsp3) is 0.455. The van der Waals surface area contributed by atoms with Crippen molar-refractivity contribution in [1.82, 2.24) is 5.32 Å². The predicted molar refractivity (Wildman–Crippen MR) is 61.4 cm³/mol. The zero-order valence-corrected chi connectivity index (χ0v) is 9.80. The van der Waals surface area contributed by atoms with Crippen molar-refractivity contribution in [2.24, 2.45) is 0 Å². The van der Waals surface area contributed by atoms with Crippen LogP contribution in [0, 0.1) is 0 Å². The van der Waals surface area contributed by atoms with Crippen molar-refractivity contribution >= 4 is 12.4 Å². The number of hydrogen-bond donors (Lipinski definition) is 1. The molecule has 2 heterocycles. The lowest BCUT2D eigenvalue weighted by Gasteiger charge is -2.41. The summed E-state index contributed by atoms with van der Waals surface area (Å²) in [6.45, 7) is 2.02. The maximum atomic E-state index is 5.56. The third-order valence-corrected chi connectivity index (χ3v) is 3.11. The summed E-state index contributed by atoms with van der Waals surface area (Å²) in [5.74, 6) is 1.63. The summed E-state index contributed by atoms with van der Waals surface area (Å²) in [6.07, 6.45) is 0. The van der Waals surface area contributed by atoms with Gasteiger partial charge in [0.25, 0.3) is 0 Å². The van der Waals surface area contributed by atoms with Crippen molar-refractivity contribution in [3.05, 3.63) is 23.8 Å². The van der Waals surface area contributed by atoms with Crippen LogP contribution in [-0.2, 0) is 10.3 Å². The van der Waals surface area contributed by atoms with E-state index in [2.05, 4.69) is 5.32 Å². The Balaban J connectivity index is 0.000000963. The minimum atomic E-state index is -0.180. The first-order valence-electron chi connectivity index (χ1n) is 5.00. The van der Waals surface area contributed by atoms with E-state index in [1.807, 2.05) is 18.2 Å². The van der Waals surface area contributed by atoms with Gasteiger partial charge in [-0.15, -0.1) is 12.4 Å².